The second-order valence-electron chi connectivity index (χ2n) is 4.82. The Morgan fingerprint density at radius 3 is 2.67 bits per heavy atom. The molecule has 2 N–H and O–H groups in total. The highest BCUT2D eigenvalue weighted by molar-refractivity contribution is 5.18. The van der Waals surface area contributed by atoms with E-state index in [2.05, 4.69) is 19.6 Å². The second-order valence-corrected chi connectivity index (χ2v) is 4.82. The van der Waals surface area contributed by atoms with Gasteiger partial charge in [-0.15, -0.1) is 0 Å². The largest absolute Gasteiger partial charge is 0.402 e. The number of rotatable bonds is 8. The van der Waals surface area contributed by atoms with E-state index in [0.29, 0.717) is 0 Å². The van der Waals surface area contributed by atoms with Crippen LogP contribution in [0.15, 0.2) is 23.9 Å². The highest BCUT2D eigenvalue weighted by atomic mass is 14.6. The summed E-state index contributed by atoms with van der Waals surface area (Å²) in [4.78, 5) is 0. The molecule has 0 amide bonds. The molecule has 1 aliphatic carbocycles. The summed E-state index contributed by atoms with van der Waals surface area (Å²) in [5.41, 5.74) is 8.12. The Bertz CT molecular complexity index is 223. The quantitative estimate of drug-likeness (QED) is 0.594. The molecule has 0 aromatic heterocycles. The Balaban J connectivity index is 2.08. The molecule has 1 heteroatoms. The molecular formula is C14H25N. The lowest BCUT2D eigenvalue weighted by atomic mass is 10.1. The fourth-order valence-corrected chi connectivity index (χ4v) is 1.81. The lowest BCUT2D eigenvalue weighted by Gasteiger charge is -2.03. The van der Waals surface area contributed by atoms with Crippen molar-refractivity contribution in [3.63, 3.8) is 0 Å². The molecule has 0 aromatic rings. The fourth-order valence-electron chi connectivity index (χ4n) is 1.81. The summed E-state index contributed by atoms with van der Waals surface area (Å²) in [5, 5.41) is 0. The van der Waals surface area contributed by atoms with Crippen LogP contribution in [0, 0.1) is 5.92 Å². The monoisotopic (exact) mass is 207 g/mol. The molecule has 0 heterocycles. The van der Waals surface area contributed by atoms with Crippen LogP contribution in [0.5, 0.6) is 0 Å². The molecule has 0 spiro atoms. The summed E-state index contributed by atoms with van der Waals surface area (Å²) < 4.78 is 0. The van der Waals surface area contributed by atoms with Gasteiger partial charge in [-0.05, 0) is 37.7 Å². The molecule has 0 radical (unpaired) electrons. The summed E-state index contributed by atoms with van der Waals surface area (Å²) >= 11 is 0. The van der Waals surface area contributed by atoms with Gasteiger partial charge in [0.2, 0.25) is 0 Å². The van der Waals surface area contributed by atoms with Crippen molar-refractivity contribution < 1.29 is 0 Å². The average molecular weight is 207 g/mol. The second kappa shape index (κ2) is 6.71. The molecular weight excluding hydrogens is 182 g/mol. The van der Waals surface area contributed by atoms with E-state index < -0.39 is 0 Å². The van der Waals surface area contributed by atoms with E-state index in [4.69, 9.17) is 5.73 Å². The Hall–Kier alpha value is -0.720. The number of hydrogen-bond acceptors (Lipinski definition) is 1. The lowest BCUT2D eigenvalue weighted by Crippen LogP contribution is -1.97. The van der Waals surface area contributed by atoms with Gasteiger partial charge in [0.15, 0.2) is 0 Å². The van der Waals surface area contributed by atoms with Gasteiger partial charge < -0.3 is 5.73 Å². The van der Waals surface area contributed by atoms with Gasteiger partial charge in [0.1, 0.15) is 0 Å². The van der Waals surface area contributed by atoms with Gasteiger partial charge in [-0.25, -0.2) is 0 Å². The molecule has 1 nitrogen and oxygen atoms in total. The van der Waals surface area contributed by atoms with Crippen LogP contribution >= 0.6 is 0 Å². The van der Waals surface area contributed by atoms with Crippen LogP contribution in [0.4, 0.5) is 0 Å². The Morgan fingerprint density at radius 1 is 1.33 bits per heavy atom. The average Bonchev–Trinajstić information content (AvgIpc) is 2.98. The van der Waals surface area contributed by atoms with Gasteiger partial charge in [0, 0.05) is 5.70 Å². The van der Waals surface area contributed by atoms with Crippen molar-refractivity contribution in [1.82, 2.24) is 0 Å². The van der Waals surface area contributed by atoms with Crippen molar-refractivity contribution in [2.24, 2.45) is 11.7 Å². The summed E-state index contributed by atoms with van der Waals surface area (Å²) in [6.45, 7) is 6.26. The van der Waals surface area contributed by atoms with Crippen molar-refractivity contribution in [3.05, 3.63) is 23.9 Å². The minimum atomic E-state index is 1.01. The molecule has 0 unspecified atom stereocenters. The third kappa shape index (κ3) is 6.38. The summed E-state index contributed by atoms with van der Waals surface area (Å²) in [5.74, 6) is 1.04. The van der Waals surface area contributed by atoms with Crippen molar-refractivity contribution in [1.29, 1.82) is 0 Å². The molecule has 1 fully saturated rings. The highest BCUT2D eigenvalue weighted by Gasteiger charge is 2.19. The van der Waals surface area contributed by atoms with E-state index in [9.17, 15) is 0 Å². The van der Waals surface area contributed by atoms with Crippen molar-refractivity contribution in [2.45, 2.75) is 58.3 Å². The first kappa shape index (κ1) is 12.4. The maximum absolute atomic E-state index is 5.90. The number of hydrogen-bond donors (Lipinski definition) is 1. The first-order valence-corrected chi connectivity index (χ1v) is 6.36. The molecule has 15 heavy (non-hydrogen) atoms. The Kier molecular flexibility index (Phi) is 5.52. The lowest BCUT2D eigenvalue weighted by molar-refractivity contribution is 0.667. The summed E-state index contributed by atoms with van der Waals surface area (Å²) in [6.07, 6.45) is 12.2. The van der Waals surface area contributed by atoms with Gasteiger partial charge in [-0.2, -0.15) is 0 Å². The van der Waals surface area contributed by atoms with Crippen LogP contribution in [0.1, 0.15) is 58.3 Å². The first-order valence-electron chi connectivity index (χ1n) is 6.36. The van der Waals surface area contributed by atoms with Crippen molar-refractivity contribution >= 4 is 0 Å². The number of unbranched alkanes of at least 4 members (excludes halogenated alkanes) is 1. The summed E-state index contributed by atoms with van der Waals surface area (Å²) in [7, 11) is 0. The standard InChI is InChI=1S/C14H25N/c1-3-4-8-14(15)11-12(2)6-5-7-13-9-10-13/h11,13H,2-10,15H2,1H3/b14-11+. The zero-order valence-corrected chi connectivity index (χ0v) is 10.1. The maximum Gasteiger partial charge on any atom is 0.00830 e. The molecule has 0 aliphatic heterocycles. The normalized spacial score (nSPS) is 16.7. The molecule has 0 bridgehead atoms. The van der Waals surface area contributed by atoms with Gasteiger partial charge in [0.25, 0.3) is 0 Å². The minimum absolute atomic E-state index is 1.01. The predicted molar refractivity (Wildman–Crippen MR) is 67.5 cm³/mol. The molecule has 86 valence electrons. The van der Waals surface area contributed by atoms with Crippen LogP contribution in [0.3, 0.4) is 0 Å². The van der Waals surface area contributed by atoms with E-state index in [1.807, 2.05) is 0 Å². The Morgan fingerprint density at radius 2 is 2.07 bits per heavy atom. The van der Waals surface area contributed by atoms with Crippen LogP contribution in [-0.4, -0.2) is 0 Å². The van der Waals surface area contributed by atoms with E-state index in [1.54, 1.807) is 0 Å². The fraction of sp³-hybridized carbons (Fsp3) is 0.714. The Labute approximate surface area is 94.4 Å². The molecule has 0 saturated heterocycles. The third-order valence-corrected chi connectivity index (χ3v) is 3.02. The number of nitrogens with two attached hydrogens (primary N) is 1. The smallest absolute Gasteiger partial charge is 0.00830 e. The topological polar surface area (TPSA) is 26.0 Å². The third-order valence-electron chi connectivity index (χ3n) is 3.02. The number of allylic oxidation sites excluding steroid dienone is 3. The molecule has 1 saturated carbocycles. The zero-order chi connectivity index (χ0) is 11.1. The maximum atomic E-state index is 5.90. The minimum Gasteiger partial charge on any atom is -0.402 e. The molecule has 1 rings (SSSR count). The molecule has 1 aliphatic rings. The SMILES string of the molecule is C=C(/C=C(/N)CCCC)CCCC1CC1. The van der Waals surface area contributed by atoms with Gasteiger partial charge in [-0.3, -0.25) is 0 Å². The zero-order valence-electron chi connectivity index (χ0n) is 10.1. The van der Waals surface area contributed by atoms with Crippen molar-refractivity contribution in [2.75, 3.05) is 0 Å². The molecule has 0 atom stereocenters. The van der Waals surface area contributed by atoms with Crippen molar-refractivity contribution in [3.8, 4) is 0 Å². The van der Waals surface area contributed by atoms with Crippen LogP contribution in [-0.2, 0) is 0 Å². The highest BCUT2D eigenvalue weighted by Crippen LogP contribution is 2.34. The first-order chi connectivity index (χ1) is 7.22. The van der Waals surface area contributed by atoms with Crippen LogP contribution < -0.4 is 5.73 Å². The van der Waals surface area contributed by atoms with E-state index in [1.165, 1.54) is 44.1 Å². The van der Waals surface area contributed by atoms with Gasteiger partial charge in [-0.1, -0.05) is 44.8 Å². The van der Waals surface area contributed by atoms with Crippen LogP contribution in [0.25, 0.3) is 0 Å². The molecule has 0 aromatic carbocycles. The van der Waals surface area contributed by atoms with E-state index in [-0.39, 0.29) is 0 Å². The van der Waals surface area contributed by atoms with Gasteiger partial charge in [0.05, 0.1) is 0 Å². The van der Waals surface area contributed by atoms with Crippen LogP contribution in [0.2, 0.25) is 0 Å². The van der Waals surface area contributed by atoms with E-state index in [0.717, 1.165) is 24.5 Å². The predicted octanol–water partition coefficient (Wildman–Crippen LogP) is 4.16. The van der Waals surface area contributed by atoms with E-state index >= 15 is 0 Å². The summed E-state index contributed by atoms with van der Waals surface area (Å²) in [6, 6.07) is 0. The van der Waals surface area contributed by atoms with Gasteiger partial charge >= 0.3 is 0 Å².